The van der Waals surface area contributed by atoms with Crippen LogP contribution < -0.4 is 10.1 Å². The van der Waals surface area contributed by atoms with E-state index < -0.39 is 5.97 Å². The molecule has 0 atom stereocenters. The summed E-state index contributed by atoms with van der Waals surface area (Å²) in [6, 6.07) is 0.319. The van der Waals surface area contributed by atoms with E-state index in [9.17, 15) is 9.59 Å². The number of ether oxygens (including phenoxy) is 1. The first-order valence-corrected chi connectivity index (χ1v) is 9.49. The lowest BCUT2D eigenvalue weighted by Crippen LogP contribution is -2.57. The number of carbonyl (C=O) groups excluding carboxylic acids is 1. The largest absolute Gasteiger partial charge is 0.480 e. The number of likely N-dealkylation sites (tertiary alicyclic amines) is 1. The summed E-state index contributed by atoms with van der Waals surface area (Å²) in [6.07, 6.45) is 7.98. The van der Waals surface area contributed by atoms with Gasteiger partial charge in [-0.15, -0.1) is 0 Å². The number of hydrogen-bond donors (Lipinski definition) is 2. The molecular weight excluding hydrogens is 350 g/mol. The molecule has 9 nitrogen and oxygen atoms in total. The number of aromatic nitrogens is 2. The zero-order valence-electron chi connectivity index (χ0n) is 15.6. The number of carbonyl (C=O) groups is 2. The van der Waals surface area contributed by atoms with Gasteiger partial charge in [0.15, 0.2) is 0 Å². The Balaban J connectivity index is 1.36. The van der Waals surface area contributed by atoms with Crippen LogP contribution in [0.25, 0.3) is 0 Å². The number of urea groups is 1. The van der Waals surface area contributed by atoms with Crippen molar-refractivity contribution < 1.29 is 19.4 Å². The molecule has 3 rings (SSSR count). The van der Waals surface area contributed by atoms with Crippen molar-refractivity contribution in [1.29, 1.82) is 0 Å². The molecule has 9 heteroatoms. The molecule has 0 unspecified atom stereocenters. The quantitative estimate of drug-likeness (QED) is 0.729. The van der Waals surface area contributed by atoms with Crippen molar-refractivity contribution in [2.24, 2.45) is 0 Å². The molecule has 148 valence electrons. The van der Waals surface area contributed by atoms with Crippen LogP contribution in [0.4, 0.5) is 4.79 Å². The molecule has 0 aromatic carbocycles. The summed E-state index contributed by atoms with van der Waals surface area (Å²) in [5, 5.41) is 12.0. The van der Waals surface area contributed by atoms with Crippen LogP contribution in [0.15, 0.2) is 18.6 Å². The average molecular weight is 377 g/mol. The van der Waals surface area contributed by atoms with Crippen molar-refractivity contribution in [2.75, 3.05) is 26.2 Å². The standard InChI is InChI=1S/C18H27N5O4/c1-2-22(12-17(24)25)14-9-13(10-14)21-18(26)23-7-3-15(4-8-23)27-16-11-19-5-6-20-16/h5-6,11,13-15H,2-4,7-10,12H2,1H3,(H,21,26)(H,24,25). The lowest BCUT2D eigenvalue weighted by molar-refractivity contribution is -0.139. The lowest BCUT2D eigenvalue weighted by Gasteiger charge is -2.43. The molecule has 2 N–H and O–H groups in total. The summed E-state index contributed by atoms with van der Waals surface area (Å²) in [5.74, 6) is -0.293. The van der Waals surface area contributed by atoms with Crippen molar-refractivity contribution in [1.82, 2.24) is 25.1 Å². The Bertz CT molecular complexity index is 630. The summed E-state index contributed by atoms with van der Waals surface area (Å²) in [5.41, 5.74) is 0. The predicted molar refractivity (Wildman–Crippen MR) is 97.5 cm³/mol. The maximum Gasteiger partial charge on any atom is 0.317 e. The number of likely N-dealkylation sites (N-methyl/N-ethyl adjacent to an activating group) is 1. The van der Waals surface area contributed by atoms with Crippen LogP contribution in [0.5, 0.6) is 5.88 Å². The van der Waals surface area contributed by atoms with Crippen molar-refractivity contribution in [3.05, 3.63) is 18.6 Å². The highest BCUT2D eigenvalue weighted by molar-refractivity contribution is 5.74. The van der Waals surface area contributed by atoms with E-state index >= 15 is 0 Å². The van der Waals surface area contributed by atoms with E-state index in [2.05, 4.69) is 15.3 Å². The molecular formula is C18H27N5O4. The highest BCUT2D eigenvalue weighted by Crippen LogP contribution is 2.26. The highest BCUT2D eigenvalue weighted by atomic mass is 16.5. The van der Waals surface area contributed by atoms with Gasteiger partial charge in [-0.3, -0.25) is 14.7 Å². The van der Waals surface area contributed by atoms with Gasteiger partial charge in [-0.05, 0) is 19.4 Å². The smallest absolute Gasteiger partial charge is 0.317 e. The van der Waals surface area contributed by atoms with Gasteiger partial charge in [0.25, 0.3) is 0 Å². The second kappa shape index (κ2) is 8.98. The number of hydrogen-bond acceptors (Lipinski definition) is 6. The van der Waals surface area contributed by atoms with Crippen molar-refractivity contribution >= 4 is 12.0 Å². The van der Waals surface area contributed by atoms with Gasteiger partial charge in [0, 0.05) is 50.4 Å². The first-order valence-electron chi connectivity index (χ1n) is 9.49. The second-order valence-corrected chi connectivity index (χ2v) is 7.08. The Hall–Kier alpha value is -2.42. The lowest BCUT2D eigenvalue weighted by atomic mass is 9.85. The molecule has 0 radical (unpaired) electrons. The predicted octanol–water partition coefficient (Wildman–Crippen LogP) is 0.967. The summed E-state index contributed by atoms with van der Waals surface area (Å²) < 4.78 is 5.80. The third-order valence-corrected chi connectivity index (χ3v) is 5.26. The van der Waals surface area contributed by atoms with Gasteiger partial charge in [0.2, 0.25) is 5.88 Å². The Kier molecular flexibility index (Phi) is 6.44. The minimum atomic E-state index is -0.809. The fourth-order valence-electron chi connectivity index (χ4n) is 3.64. The van der Waals surface area contributed by atoms with Crippen molar-refractivity contribution in [2.45, 2.75) is 50.8 Å². The average Bonchev–Trinajstić information content (AvgIpc) is 2.64. The van der Waals surface area contributed by atoms with Gasteiger partial charge in [-0.2, -0.15) is 0 Å². The fraction of sp³-hybridized carbons (Fsp3) is 0.667. The molecule has 0 spiro atoms. The van der Waals surface area contributed by atoms with Gasteiger partial charge in [0.05, 0.1) is 12.7 Å². The van der Waals surface area contributed by atoms with E-state index in [0.29, 0.717) is 25.5 Å². The van der Waals surface area contributed by atoms with Crippen LogP contribution in [-0.4, -0.2) is 81.2 Å². The zero-order valence-corrected chi connectivity index (χ0v) is 15.6. The number of amides is 2. The third kappa shape index (κ3) is 5.29. The first-order chi connectivity index (χ1) is 13.0. The van der Waals surface area contributed by atoms with Crippen LogP contribution >= 0.6 is 0 Å². The topological polar surface area (TPSA) is 108 Å². The van der Waals surface area contributed by atoms with E-state index in [1.165, 1.54) is 0 Å². The van der Waals surface area contributed by atoms with E-state index in [4.69, 9.17) is 9.84 Å². The number of rotatable bonds is 7. The Labute approximate surface area is 158 Å². The van der Waals surface area contributed by atoms with Crippen LogP contribution in [-0.2, 0) is 4.79 Å². The first kappa shape index (κ1) is 19.3. The van der Waals surface area contributed by atoms with Gasteiger partial charge in [-0.1, -0.05) is 6.92 Å². The molecule has 1 aliphatic carbocycles. The molecule has 27 heavy (non-hydrogen) atoms. The minimum absolute atomic E-state index is 0.0438. The third-order valence-electron chi connectivity index (χ3n) is 5.26. The number of piperidine rings is 1. The molecule has 0 bridgehead atoms. The van der Waals surface area contributed by atoms with Gasteiger partial charge < -0.3 is 20.1 Å². The maximum atomic E-state index is 12.4. The van der Waals surface area contributed by atoms with E-state index in [1.807, 2.05) is 16.7 Å². The SMILES string of the molecule is CCN(CC(=O)O)C1CC(NC(=O)N2CCC(Oc3cnccn3)CC2)C1. The number of carboxylic acid groups (broad SMARTS) is 1. The van der Waals surface area contributed by atoms with Gasteiger partial charge >= 0.3 is 12.0 Å². The van der Waals surface area contributed by atoms with Crippen molar-refractivity contribution in [3.8, 4) is 5.88 Å². The minimum Gasteiger partial charge on any atom is -0.480 e. The van der Waals surface area contributed by atoms with Crippen LogP contribution in [0, 0.1) is 0 Å². The van der Waals surface area contributed by atoms with E-state index in [0.717, 1.165) is 25.7 Å². The maximum absolute atomic E-state index is 12.4. The van der Waals surface area contributed by atoms with Crippen LogP contribution in [0.2, 0.25) is 0 Å². The number of aliphatic carboxylic acids is 1. The Morgan fingerprint density at radius 2 is 2.07 bits per heavy atom. The molecule has 1 saturated heterocycles. The number of carboxylic acids is 1. The van der Waals surface area contributed by atoms with Gasteiger partial charge in [-0.25, -0.2) is 9.78 Å². The van der Waals surface area contributed by atoms with E-state index in [1.54, 1.807) is 18.6 Å². The molecule has 2 heterocycles. The molecule has 1 aromatic rings. The summed E-state index contributed by atoms with van der Waals surface area (Å²) in [7, 11) is 0. The second-order valence-electron chi connectivity index (χ2n) is 7.08. The normalized spacial score (nSPS) is 23.0. The fourth-order valence-corrected chi connectivity index (χ4v) is 3.64. The van der Waals surface area contributed by atoms with Gasteiger partial charge in [0.1, 0.15) is 6.10 Å². The molecule has 1 aromatic heterocycles. The molecule has 2 aliphatic rings. The summed E-state index contributed by atoms with van der Waals surface area (Å²) >= 11 is 0. The molecule has 1 aliphatic heterocycles. The van der Waals surface area contributed by atoms with E-state index in [-0.39, 0.29) is 30.8 Å². The highest BCUT2D eigenvalue weighted by Gasteiger charge is 2.36. The Morgan fingerprint density at radius 3 is 2.67 bits per heavy atom. The number of nitrogens with one attached hydrogen (secondary N) is 1. The summed E-state index contributed by atoms with van der Waals surface area (Å²) in [4.78, 5) is 35.2. The molecule has 2 fully saturated rings. The zero-order chi connectivity index (χ0) is 19.2. The Morgan fingerprint density at radius 1 is 1.33 bits per heavy atom. The van der Waals surface area contributed by atoms with Crippen molar-refractivity contribution in [3.63, 3.8) is 0 Å². The van der Waals surface area contributed by atoms with Crippen LogP contribution in [0.1, 0.15) is 32.6 Å². The molecule has 2 amide bonds. The van der Waals surface area contributed by atoms with Crippen LogP contribution in [0.3, 0.4) is 0 Å². The number of nitrogens with zero attached hydrogens (tertiary/aromatic N) is 4. The molecule has 1 saturated carbocycles. The summed E-state index contributed by atoms with van der Waals surface area (Å²) in [6.45, 7) is 4.01. The monoisotopic (exact) mass is 377 g/mol.